The summed E-state index contributed by atoms with van der Waals surface area (Å²) >= 11 is 1.69. The lowest BCUT2D eigenvalue weighted by Crippen LogP contribution is -2.51. The normalized spacial score (nSPS) is 17.8. The number of ether oxygens (including phenoxy) is 1. The Balaban J connectivity index is 1.48. The summed E-state index contributed by atoms with van der Waals surface area (Å²) in [5.74, 6) is 0.660. The number of nitrogens with one attached hydrogen (secondary N) is 1. The zero-order valence-electron chi connectivity index (χ0n) is 18.6. The average molecular weight is 460 g/mol. The van der Waals surface area contributed by atoms with Gasteiger partial charge in [0.25, 0.3) is 0 Å². The second-order valence-corrected chi connectivity index (χ2v) is 9.85. The van der Waals surface area contributed by atoms with Crippen LogP contribution in [0.1, 0.15) is 43.2 Å². The molecule has 2 aliphatic rings. The van der Waals surface area contributed by atoms with Crippen LogP contribution in [0.4, 0.5) is 9.18 Å². The van der Waals surface area contributed by atoms with Gasteiger partial charge in [-0.25, -0.2) is 9.18 Å². The van der Waals surface area contributed by atoms with E-state index in [1.165, 1.54) is 17.0 Å². The van der Waals surface area contributed by atoms with E-state index in [0.717, 1.165) is 24.8 Å². The van der Waals surface area contributed by atoms with Crippen LogP contribution in [0.15, 0.2) is 35.7 Å². The molecule has 1 aliphatic carbocycles. The lowest BCUT2D eigenvalue weighted by Gasteiger charge is -2.37. The first kappa shape index (κ1) is 22.6. The molecule has 1 N–H and O–H groups in total. The number of halogens is 1. The minimum Gasteiger partial charge on any atom is -0.491 e. The monoisotopic (exact) mass is 459 g/mol. The fourth-order valence-electron chi connectivity index (χ4n) is 4.00. The van der Waals surface area contributed by atoms with Gasteiger partial charge in [-0.05, 0) is 80.3 Å². The molecule has 0 bridgehead atoms. The van der Waals surface area contributed by atoms with Crippen molar-refractivity contribution >= 4 is 23.3 Å². The largest absolute Gasteiger partial charge is 0.491 e. The van der Waals surface area contributed by atoms with Crippen LogP contribution >= 0.6 is 11.3 Å². The fourth-order valence-corrected chi connectivity index (χ4v) is 4.93. The molecule has 1 aromatic heterocycles. The quantitative estimate of drug-likeness (QED) is 0.643. The molecule has 172 valence electrons. The van der Waals surface area contributed by atoms with Crippen molar-refractivity contribution in [2.75, 3.05) is 26.2 Å². The first-order valence-corrected chi connectivity index (χ1v) is 12.1. The average Bonchev–Trinajstić information content (AvgIpc) is 3.44. The second kappa shape index (κ2) is 9.90. The summed E-state index contributed by atoms with van der Waals surface area (Å²) in [7, 11) is 0. The molecule has 0 unspecified atom stereocenters. The highest BCUT2D eigenvalue weighted by molar-refractivity contribution is 7.10. The van der Waals surface area contributed by atoms with Crippen LogP contribution < -0.4 is 10.1 Å². The van der Waals surface area contributed by atoms with Gasteiger partial charge in [0.2, 0.25) is 5.91 Å². The maximum absolute atomic E-state index is 13.4. The highest BCUT2D eigenvalue weighted by atomic mass is 32.1. The van der Waals surface area contributed by atoms with Gasteiger partial charge in [0.15, 0.2) is 0 Å². The van der Waals surface area contributed by atoms with E-state index in [0.29, 0.717) is 24.8 Å². The molecule has 32 heavy (non-hydrogen) atoms. The van der Waals surface area contributed by atoms with Crippen molar-refractivity contribution in [2.45, 2.75) is 45.2 Å². The number of carbonyl (C=O) groups excluding carboxylic acids is 2. The maximum Gasteiger partial charge on any atom is 0.318 e. The molecule has 1 aliphatic heterocycles. The summed E-state index contributed by atoms with van der Waals surface area (Å²) in [6.45, 7) is 5.37. The number of nitrogens with zero attached hydrogens (tertiary/aromatic N) is 2. The Morgan fingerprint density at radius 3 is 2.69 bits per heavy atom. The molecule has 2 aromatic rings. The standard InChI is InChI=1S/C24H30FN3O3S/c1-16(2)26-24(30)27(13-17-3-4-17)14-23(29)28-11-9-22-20(10-12-32-22)21(28)15-31-19-7-5-18(25)6-8-19/h5-8,10,12,16-17,21H,3-4,9,11,13-15H2,1-2H3,(H,26,30)/t21-/m1/s1. The Labute approximate surface area is 192 Å². The summed E-state index contributed by atoms with van der Waals surface area (Å²) in [6.07, 6.45) is 3.01. The number of thiophene rings is 1. The highest BCUT2D eigenvalue weighted by Crippen LogP contribution is 2.34. The minimum absolute atomic E-state index is 0.0134. The molecule has 0 spiro atoms. The van der Waals surface area contributed by atoms with Crippen molar-refractivity contribution in [1.29, 1.82) is 0 Å². The Morgan fingerprint density at radius 2 is 2.00 bits per heavy atom. The number of benzene rings is 1. The lowest BCUT2D eigenvalue weighted by atomic mass is 10.0. The van der Waals surface area contributed by atoms with E-state index in [1.807, 2.05) is 30.2 Å². The number of amides is 3. The van der Waals surface area contributed by atoms with E-state index in [1.54, 1.807) is 28.4 Å². The smallest absolute Gasteiger partial charge is 0.318 e. The van der Waals surface area contributed by atoms with Crippen LogP contribution in [-0.4, -0.2) is 54.0 Å². The van der Waals surface area contributed by atoms with Crippen LogP contribution in [-0.2, 0) is 11.2 Å². The van der Waals surface area contributed by atoms with Crippen molar-refractivity contribution in [3.05, 3.63) is 52.0 Å². The van der Waals surface area contributed by atoms with Crippen molar-refractivity contribution < 1.29 is 18.7 Å². The number of hydrogen-bond donors (Lipinski definition) is 1. The fraction of sp³-hybridized carbons (Fsp3) is 0.500. The van der Waals surface area contributed by atoms with E-state index < -0.39 is 0 Å². The molecule has 8 heteroatoms. The molecule has 0 saturated heterocycles. The molecular formula is C24H30FN3O3S. The highest BCUT2D eigenvalue weighted by Gasteiger charge is 2.35. The molecule has 1 aromatic carbocycles. The van der Waals surface area contributed by atoms with Crippen molar-refractivity contribution in [2.24, 2.45) is 5.92 Å². The van der Waals surface area contributed by atoms with Crippen molar-refractivity contribution in [1.82, 2.24) is 15.1 Å². The summed E-state index contributed by atoms with van der Waals surface area (Å²) in [5.41, 5.74) is 1.09. The Kier molecular flexibility index (Phi) is 6.98. The summed E-state index contributed by atoms with van der Waals surface area (Å²) in [4.78, 5) is 30.9. The van der Waals surface area contributed by atoms with E-state index in [-0.39, 0.29) is 43.0 Å². The maximum atomic E-state index is 13.4. The zero-order valence-corrected chi connectivity index (χ0v) is 19.4. The van der Waals surface area contributed by atoms with Gasteiger partial charge in [0, 0.05) is 24.0 Å². The van der Waals surface area contributed by atoms with Crippen LogP contribution in [0.5, 0.6) is 5.75 Å². The zero-order chi connectivity index (χ0) is 22.7. The molecule has 0 radical (unpaired) electrons. The third kappa shape index (κ3) is 5.59. The van der Waals surface area contributed by atoms with E-state index in [4.69, 9.17) is 4.74 Å². The van der Waals surface area contributed by atoms with Crippen molar-refractivity contribution in [3.63, 3.8) is 0 Å². The molecular weight excluding hydrogens is 429 g/mol. The summed E-state index contributed by atoms with van der Waals surface area (Å²) in [5, 5.41) is 4.96. The molecule has 3 amide bonds. The topological polar surface area (TPSA) is 61.9 Å². The molecule has 1 fully saturated rings. The van der Waals surface area contributed by atoms with Gasteiger partial charge in [0.1, 0.15) is 24.7 Å². The van der Waals surface area contributed by atoms with Crippen LogP contribution in [0, 0.1) is 11.7 Å². The van der Waals surface area contributed by atoms with Gasteiger partial charge in [-0.15, -0.1) is 11.3 Å². The number of hydrogen-bond acceptors (Lipinski definition) is 4. The minimum atomic E-state index is -0.317. The number of fused-ring (bicyclic) bond motifs is 1. The SMILES string of the molecule is CC(C)NC(=O)N(CC(=O)N1CCc2sccc2[C@H]1COc1ccc(F)cc1)CC1CC1. The Morgan fingerprint density at radius 1 is 1.25 bits per heavy atom. The van der Waals surface area contributed by atoms with Gasteiger partial charge < -0.3 is 19.9 Å². The van der Waals surface area contributed by atoms with Crippen LogP contribution in [0.3, 0.4) is 0 Å². The predicted molar refractivity (Wildman–Crippen MR) is 122 cm³/mol. The van der Waals surface area contributed by atoms with Gasteiger partial charge in [-0.1, -0.05) is 0 Å². The predicted octanol–water partition coefficient (Wildman–Crippen LogP) is 4.22. The van der Waals surface area contributed by atoms with E-state index in [9.17, 15) is 14.0 Å². The molecule has 1 saturated carbocycles. The van der Waals surface area contributed by atoms with Gasteiger partial charge >= 0.3 is 6.03 Å². The number of rotatable bonds is 8. The molecule has 1 atom stereocenters. The Bertz CT molecular complexity index is 942. The van der Waals surface area contributed by atoms with Crippen LogP contribution in [0.25, 0.3) is 0 Å². The molecule has 4 rings (SSSR count). The Hall–Kier alpha value is -2.61. The first-order valence-electron chi connectivity index (χ1n) is 11.2. The third-order valence-corrected chi connectivity index (χ3v) is 6.83. The van der Waals surface area contributed by atoms with E-state index in [2.05, 4.69) is 5.32 Å². The van der Waals surface area contributed by atoms with Gasteiger partial charge in [0.05, 0.1) is 6.04 Å². The number of urea groups is 1. The van der Waals surface area contributed by atoms with Gasteiger partial charge in [-0.2, -0.15) is 0 Å². The second-order valence-electron chi connectivity index (χ2n) is 8.85. The number of carbonyl (C=O) groups is 2. The molecule has 2 heterocycles. The van der Waals surface area contributed by atoms with Crippen molar-refractivity contribution in [3.8, 4) is 5.75 Å². The van der Waals surface area contributed by atoms with E-state index >= 15 is 0 Å². The summed E-state index contributed by atoms with van der Waals surface area (Å²) < 4.78 is 19.2. The first-order chi connectivity index (χ1) is 15.4. The lowest BCUT2D eigenvalue weighted by molar-refractivity contribution is -0.135. The van der Waals surface area contributed by atoms with Gasteiger partial charge in [-0.3, -0.25) is 4.79 Å². The summed E-state index contributed by atoms with van der Waals surface area (Å²) in [6, 6.07) is 7.53. The third-order valence-electron chi connectivity index (χ3n) is 5.84. The molecule has 6 nitrogen and oxygen atoms in total. The van der Waals surface area contributed by atoms with Crippen LogP contribution in [0.2, 0.25) is 0 Å².